The average Bonchev–Trinajstić information content (AvgIpc) is 2.62. The third-order valence-corrected chi connectivity index (χ3v) is 3.56. The van der Waals surface area contributed by atoms with E-state index in [0.717, 1.165) is 6.07 Å². The lowest BCUT2D eigenvalue weighted by Crippen LogP contribution is -2.26. The number of hydrogen-bond donors (Lipinski definition) is 3. The van der Waals surface area contributed by atoms with Gasteiger partial charge in [-0.2, -0.15) is 0 Å². The highest BCUT2D eigenvalue weighted by molar-refractivity contribution is 6.11. The molecular formula is C16H19N3O7. The molecule has 0 saturated carbocycles. The predicted molar refractivity (Wildman–Crippen MR) is 88.3 cm³/mol. The molecule has 0 bridgehead atoms. The molecule has 1 aromatic rings. The van der Waals surface area contributed by atoms with Crippen LogP contribution < -0.4 is 17.2 Å². The Morgan fingerprint density at radius 3 is 1.73 bits per heavy atom. The Morgan fingerprint density at radius 2 is 1.27 bits per heavy atom. The maximum Gasteiger partial charge on any atom is 0.346 e. The largest absolute Gasteiger partial charge is 0.388 e. The molecule has 0 atom stereocenters. The SMILES string of the molecule is Cc1c(C(=O)CN)cc(C(=O)OC(=O)CN)c(C(=O)OC(=O)CN)c1C. The topological polar surface area (TPSA) is 182 Å². The molecule has 0 unspecified atom stereocenters. The Bertz CT molecular complexity index is 787. The van der Waals surface area contributed by atoms with Crippen molar-refractivity contribution < 1.29 is 33.4 Å². The fourth-order valence-electron chi connectivity index (χ4n) is 2.14. The second kappa shape index (κ2) is 8.94. The highest BCUT2D eigenvalue weighted by Gasteiger charge is 2.28. The second-order valence-electron chi connectivity index (χ2n) is 5.16. The van der Waals surface area contributed by atoms with Crippen molar-refractivity contribution in [2.75, 3.05) is 19.6 Å². The van der Waals surface area contributed by atoms with Crippen LogP contribution in [0.2, 0.25) is 0 Å². The highest BCUT2D eigenvalue weighted by Crippen LogP contribution is 2.25. The van der Waals surface area contributed by atoms with E-state index in [4.69, 9.17) is 17.2 Å². The molecule has 6 N–H and O–H groups in total. The summed E-state index contributed by atoms with van der Waals surface area (Å²) in [6.45, 7) is 1.50. The maximum absolute atomic E-state index is 12.3. The van der Waals surface area contributed by atoms with E-state index in [1.807, 2.05) is 0 Å². The monoisotopic (exact) mass is 365 g/mol. The van der Waals surface area contributed by atoms with E-state index in [1.165, 1.54) is 13.8 Å². The molecule has 140 valence electrons. The number of Topliss-reactive ketones (excluding diaryl/α,β-unsaturated/α-hetero) is 1. The standard InChI is InChI=1S/C16H19N3O7/c1-7-8(2)14(16(24)26-13(22)6-19)10(3-9(7)11(20)4-17)15(23)25-12(21)5-18/h3H,4-6,17-19H2,1-2H3. The van der Waals surface area contributed by atoms with Crippen LogP contribution in [0.1, 0.15) is 42.2 Å². The fourth-order valence-corrected chi connectivity index (χ4v) is 2.14. The summed E-state index contributed by atoms with van der Waals surface area (Å²) in [7, 11) is 0. The van der Waals surface area contributed by atoms with Crippen molar-refractivity contribution in [2.24, 2.45) is 17.2 Å². The molecule has 0 fully saturated rings. The quantitative estimate of drug-likeness (QED) is 0.312. The van der Waals surface area contributed by atoms with Crippen molar-refractivity contribution in [2.45, 2.75) is 13.8 Å². The number of esters is 4. The van der Waals surface area contributed by atoms with Crippen LogP contribution in [0.15, 0.2) is 6.07 Å². The summed E-state index contributed by atoms with van der Waals surface area (Å²) in [5, 5.41) is 0. The van der Waals surface area contributed by atoms with Crippen molar-refractivity contribution in [3.63, 3.8) is 0 Å². The van der Waals surface area contributed by atoms with Crippen LogP contribution in [0.3, 0.4) is 0 Å². The fraction of sp³-hybridized carbons (Fsp3) is 0.312. The normalized spacial score (nSPS) is 10.2. The van der Waals surface area contributed by atoms with Crippen molar-refractivity contribution in [1.82, 2.24) is 0 Å². The van der Waals surface area contributed by atoms with Crippen LogP contribution in [0.4, 0.5) is 0 Å². The van der Waals surface area contributed by atoms with Gasteiger partial charge in [0.1, 0.15) is 0 Å². The number of ether oxygens (including phenoxy) is 2. The van der Waals surface area contributed by atoms with Crippen LogP contribution in [0.5, 0.6) is 0 Å². The zero-order chi connectivity index (χ0) is 20.0. The Kier molecular flexibility index (Phi) is 7.26. The number of hydrogen-bond acceptors (Lipinski definition) is 10. The van der Waals surface area contributed by atoms with Crippen LogP contribution >= 0.6 is 0 Å². The summed E-state index contributed by atoms with van der Waals surface area (Å²) in [4.78, 5) is 59.1. The molecule has 10 heteroatoms. The summed E-state index contributed by atoms with van der Waals surface area (Å²) in [5.74, 6) is -4.95. The van der Waals surface area contributed by atoms with Crippen LogP contribution in [0.25, 0.3) is 0 Å². The lowest BCUT2D eigenvalue weighted by Gasteiger charge is -2.15. The van der Waals surface area contributed by atoms with Gasteiger partial charge >= 0.3 is 23.9 Å². The van der Waals surface area contributed by atoms with Gasteiger partial charge < -0.3 is 26.7 Å². The molecule has 0 aliphatic carbocycles. The lowest BCUT2D eigenvalue weighted by molar-refractivity contribution is -0.137. The van der Waals surface area contributed by atoms with Gasteiger partial charge in [-0.25, -0.2) is 9.59 Å². The third-order valence-electron chi connectivity index (χ3n) is 3.56. The molecule has 1 rings (SSSR count). The number of carbonyl (C=O) groups excluding carboxylic acids is 5. The van der Waals surface area contributed by atoms with E-state index in [9.17, 15) is 24.0 Å². The van der Waals surface area contributed by atoms with E-state index < -0.39 is 48.3 Å². The van der Waals surface area contributed by atoms with Gasteiger partial charge in [0.05, 0.1) is 30.8 Å². The van der Waals surface area contributed by atoms with Gasteiger partial charge in [0, 0.05) is 5.56 Å². The second-order valence-corrected chi connectivity index (χ2v) is 5.16. The summed E-state index contributed by atoms with van der Waals surface area (Å²) >= 11 is 0. The van der Waals surface area contributed by atoms with Crippen molar-refractivity contribution in [3.05, 3.63) is 33.9 Å². The third kappa shape index (κ3) is 4.57. The zero-order valence-electron chi connectivity index (χ0n) is 14.3. The first-order valence-electron chi connectivity index (χ1n) is 7.45. The van der Waals surface area contributed by atoms with Crippen LogP contribution in [-0.2, 0) is 19.1 Å². The van der Waals surface area contributed by atoms with Gasteiger partial charge in [-0.3, -0.25) is 14.4 Å². The van der Waals surface area contributed by atoms with Crippen LogP contribution in [0, 0.1) is 13.8 Å². The number of benzene rings is 1. The van der Waals surface area contributed by atoms with E-state index in [0.29, 0.717) is 5.56 Å². The molecule has 0 saturated heterocycles. The van der Waals surface area contributed by atoms with Crippen molar-refractivity contribution >= 4 is 29.7 Å². The Hall–Kier alpha value is -2.95. The van der Waals surface area contributed by atoms with Crippen molar-refractivity contribution in [1.29, 1.82) is 0 Å². The molecular weight excluding hydrogens is 346 g/mol. The van der Waals surface area contributed by atoms with Gasteiger partial charge in [-0.1, -0.05) is 0 Å². The molecule has 1 aromatic carbocycles. The maximum atomic E-state index is 12.3. The molecule has 0 aliphatic rings. The zero-order valence-corrected chi connectivity index (χ0v) is 14.3. The molecule has 0 aliphatic heterocycles. The van der Waals surface area contributed by atoms with Gasteiger partial charge in [0.2, 0.25) is 0 Å². The lowest BCUT2D eigenvalue weighted by atomic mass is 9.91. The summed E-state index contributed by atoms with van der Waals surface area (Å²) in [5.41, 5.74) is 15.4. The summed E-state index contributed by atoms with van der Waals surface area (Å²) in [6, 6.07) is 1.06. The van der Waals surface area contributed by atoms with E-state index >= 15 is 0 Å². The molecule has 0 amide bonds. The number of nitrogens with two attached hydrogens (primary N) is 3. The first-order chi connectivity index (χ1) is 12.2. The van der Waals surface area contributed by atoms with Crippen molar-refractivity contribution in [3.8, 4) is 0 Å². The first kappa shape index (κ1) is 21.1. The van der Waals surface area contributed by atoms with E-state index in [1.54, 1.807) is 0 Å². The molecule has 0 heterocycles. The molecule has 0 radical (unpaired) electrons. The molecule has 26 heavy (non-hydrogen) atoms. The first-order valence-corrected chi connectivity index (χ1v) is 7.45. The Morgan fingerprint density at radius 1 is 0.769 bits per heavy atom. The Balaban J connectivity index is 3.59. The minimum absolute atomic E-state index is 0.0684. The van der Waals surface area contributed by atoms with Gasteiger partial charge in [-0.05, 0) is 31.0 Å². The van der Waals surface area contributed by atoms with E-state index in [2.05, 4.69) is 9.47 Å². The van der Waals surface area contributed by atoms with Crippen LogP contribution in [-0.4, -0.2) is 49.3 Å². The number of ketones is 1. The average molecular weight is 365 g/mol. The summed E-state index contributed by atoms with van der Waals surface area (Å²) in [6.07, 6.45) is 0. The number of carbonyl (C=O) groups is 5. The minimum atomic E-state index is -1.22. The van der Waals surface area contributed by atoms with Gasteiger partial charge in [-0.15, -0.1) is 0 Å². The van der Waals surface area contributed by atoms with Gasteiger partial charge in [0.25, 0.3) is 0 Å². The highest BCUT2D eigenvalue weighted by atomic mass is 16.6. The van der Waals surface area contributed by atoms with Gasteiger partial charge in [0.15, 0.2) is 5.78 Å². The predicted octanol–water partition coefficient (Wildman–Crippen LogP) is -1.27. The molecule has 0 spiro atoms. The molecule has 10 nitrogen and oxygen atoms in total. The minimum Gasteiger partial charge on any atom is -0.388 e. The Labute approximate surface area is 148 Å². The number of rotatable bonds is 6. The van der Waals surface area contributed by atoms with E-state index in [-0.39, 0.29) is 23.2 Å². The summed E-state index contributed by atoms with van der Waals surface area (Å²) < 4.78 is 9.05. The smallest absolute Gasteiger partial charge is 0.346 e. The molecule has 0 aromatic heterocycles.